The highest BCUT2D eigenvalue weighted by Crippen LogP contribution is 2.27. The monoisotopic (exact) mass is 304 g/mol. The van der Waals surface area contributed by atoms with Crippen LogP contribution in [0.15, 0.2) is 42.5 Å². The second-order valence-corrected chi connectivity index (χ2v) is 5.20. The molecule has 1 atom stereocenters. The van der Waals surface area contributed by atoms with E-state index in [0.29, 0.717) is 0 Å². The van der Waals surface area contributed by atoms with Crippen molar-refractivity contribution in [1.82, 2.24) is 4.90 Å². The van der Waals surface area contributed by atoms with Gasteiger partial charge in [-0.05, 0) is 23.0 Å². The first-order valence-corrected chi connectivity index (χ1v) is 6.87. The highest BCUT2D eigenvalue weighted by molar-refractivity contribution is 7.80. The molecular formula is C15H16N2O3S. The molecule has 21 heavy (non-hydrogen) atoms. The van der Waals surface area contributed by atoms with Gasteiger partial charge in [0.15, 0.2) is 6.10 Å². The second-order valence-electron chi connectivity index (χ2n) is 4.85. The number of rotatable bonds is 4. The van der Waals surface area contributed by atoms with Crippen LogP contribution >= 0.6 is 12.2 Å². The molecule has 2 rings (SSSR count). The van der Waals surface area contributed by atoms with Crippen molar-refractivity contribution in [2.24, 2.45) is 0 Å². The minimum atomic E-state index is -0.707. The van der Waals surface area contributed by atoms with E-state index in [0.717, 1.165) is 16.3 Å². The number of benzene rings is 2. The lowest BCUT2D eigenvalue weighted by molar-refractivity contribution is -0.490. The Bertz CT molecular complexity index is 668. The molecule has 0 aliphatic carbocycles. The molecule has 0 fully saturated rings. The predicted molar refractivity (Wildman–Crippen MR) is 85.9 cm³/mol. The Kier molecular flexibility index (Phi) is 4.70. The number of thiocarbonyl (C=S) groups is 1. The van der Waals surface area contributed by atoms with E-state index in [1.807, 2.05) is 42.5 Å². The van der Waals surface area contributed by atoms with Crippen molar-refractivity contribution in [2.75, 3.05) is 20.6 Å². The molecule has 0 saturated carbocycles. The van der Waals surface area contributed by atoms with Crippen LogP contribution in [-0.4, -0.2) is 35.6 Å². The Morgan fingerprint density at radius 3 is 2.62 bits per heavy atom. The van der Waals surface area contributed by atoms with Gasteiger partial charge in [-0.3, -0.25) is 10.1 Å². The highest BCUT2D eigenvalue weighted by Gasteiger charge is 2.23. The summed E-state index contributed by atoms with van der Waals surface area (Å²) in [6.07, 6.45) is -0.707. The minimum absolute atomic E-state index is 0.231. The van der Waals surface area contributed by atoms with Crippen molar-refractivity contribution in [3.8, 4) is 0 Å². The fourth-order valence-electron chi connectivity index (χ4n) is 2.09. The summed E-state index contributed by atoms with van der Waals surface area (Å²) in [6, 6.07) is 13.4. The van der Waals surface area contributed by atoms with Crippen LogP contribution in [0.2, 0.25) is 0 Å². The van der Waals surface area contributed by atoms with Crippen LogP contribution in [0.5, 0.6) is 0 Å². The molecule has 0 aliphatic heterocycles. The van der Waals surface area contributed by atoms with Gasteiger partial charge in [0, 0.05) is 24.6 Å². The molecule has 0 radical (unpaired) electrons. The van der Waals surface area contributed by atoms with Gasteiger partial charge in [-0.1, -0.05) is 42.5 Å². The molecule has 2 aromatic rings. The van der Waals surface area contributed by atoms with Gasteiger partial charge < -0.3 is 9.64 Å². The Labute approximate surface area is 128 Å². The first-order chi connectivity index (χ1) is 9.99. The van der Waals surface area contributed by atoms with E-state index in [-0.39, 0.29) is 16.6 Å². The van der Waals surface area contributed by atoms with Gasteiger partial charge in [-0.15, -0.1) is 0 Å². The maximum atomic E-state index is 10.9. The van der Waals surface area contributed by atoms with Gasteiger partial charge in [-0.25, -0.2) is 0 Å². The molecule has 2 aromatic carbocycles. The largest absolute Gasteiger partial charge is 0.456 e. The van der Waals surface area contributed by atoms with Crippen LogP contribution in [0.25, 0.3) is 10.8 Å². The summed E-state index contributed by atoms with van der Waals surface area (Å²) in [7, 11) is 3.49. The highest BCUT2D eigenvalue weighted by atomic mass is 32.1. The third kappa shape index (κ3) is 3.66. The summed E-state index contributed by atoms with van der Waals surface area (Å²) in [5.41, 5.74) is 0.772. The summed E-state index contributed by atoms with van der Waals surface area (Å²) in [5.74, 6) is 0. The third-order valence-electron chi connectivity index (χ3n) is 3.09. The molecule has 5 nitrogen and oxygen atoms in total. The number of ether oxygens (including phenoxy) is 1. The SMILES string of the molecule is CN(C)C(=S)OC(C[N+](=O)[O-])c1cccc2ccccc12. The Morgan fingerprint density at radius 2 is 1.95 bits per heavy atom. The van der Waals surface area contributed by atoms with Gasteiger partial charge in [0.1, 0.15) is 0 Å². The summed E-state index contributed by atoms with van der Waals surface area (Å²) in [4.78, 5) is 12.2. The van der Waals surface area contributed by atoms with Crippen LogP contribution in [0.3, 0.4) is 0 Å². The van der Waals surface area contributed by atoms with Gasteiger partial charge in [0.25, 0.3) is 5.17 Å². The predicted octanol–water partition coefficient (Wildman–Crippen LogP) is 3.02. The molecule has 110 valence electrons. The second kappa shape index (κ2) is 6.49. The molecule has 0 spiro atoms. The third-order valence-corrected chi connectivity index (χ3v) is 3.55. The molecular weight excluding hydrogens is 288 g/mol. The zero-order chi connectivity index (χ0) is 15.4. The summed E-state index contributed by atoms with van der Waals surface area (Å²) in [6.45, 7) is -0.331. The topological polar surface area (TPSA) is 55.6 Å². The van der Waals surface area contributed by atoms with Crippen molar-refractivity contribution in [3.63, 3.8) is 0 Å². The van der Waals surface area contributed by atoms with Crippen LogP contribution in [0, 0.1) is 10.1 Å². The zero-order valence-electron chi connectivity index (χ0n) is 11.9. The smallest absolute Gasteiger partial charge is 0.259 e. The molecule has 1 unspecified atom stereocenters. The normalized spacial score (nSPS) is 11.9. The van der Waals surface area contributed by atoms with E-state index in [2.05, 4.69) is 0 Å². The van der Waals surface area contributed by atoms with Crippen LogP contribution in [0.4, 0.5) is 0 Å². The fourth-order valence-corrected chi connectivity index (χ4v) is 2.21. The van der Waals surface area contributed by atoms with Crippen molar-refractivity contribution in [2.45, 2.75) is 6.10 Å². The first kappa shape index (κ1) is 15.2. The minimum Gasteiger partial charge on any atom is -0.456 e. The van der Waals surface area contributed by atoms with Crippen molar-refractivity contribution in [3.05, 3.63) is 58.1 Å². The Morgan fingerprint density at radius 1 is 1.29 bits per heavy atom. The standard InChI is InChI=1S/C15H16N2O3S/c1-16(2)15(21)20-14(10-17(18)19)13-9-5-7-11-6-3-4-8-12(11)13/h3-9,14H,10H2,1-2H3. The molecule has 0 heterocycles. The average Bonchev–Trinajstić information content (AvgIpc) is 2.45. The van der Waals surface area contributed by atoms with Crippen LogP contribution < -0.4 is 0 Å². The molecule has 6 heteroatoms. The molecule has 0 bridgehead atoms. The lowest BCUT2D eigenvalue weighted by Crippen LogP contribution is -2.27. The van der Waals surface area contributed by atoms with Gasteiger partial charge >= 0.3 is 0 Å². The van der Waals surface area contributed by atoms with E-state index in [4.69, 9.17) is 17.0 Å². The molecule has 0 aliphatic rings. The van der Waals surface area contributed by atoms with E-state index in [1.165, 1.54) is 0 Å². The Hall–Kier alpha value is -2.21. The van der Waals surface area contributed by atoms with Crippen molar-refractivity contribution in [1.29, 1.82) is 0 Å². The fraction of sp³-hybridized carbons (Fsp3) is 0.267. The molecule has 0 amide bonds. The summed E-state index contributed by atoms with van der Waals surface area (Å²) >= 11 is 5.11. The van der Waals surface area contributed by atoms with Gasteiger partial charge in [0.2, 0.25) is 6.54 Å². The number of hydrogen-bond donors (Lipinski definition) is 0. The Balaban J connectivity index is 2.43. The van der Waals surface area contributed by atoms with Crippen LogP contribution in [0.1, 0.15) is 11.7 Å². The number of nitro groups is 1. The van der Waals surface area contributed by atoms with Crippen molar-refractivity contribution >= 4 is 28.2 Å². The maximum absolute atomic E-state index is 10.9. The van der Waals surface area contributed by atoms with E-state index >= 15 is 0 Å². The number of hydrogen-bond acceptors (Lipinski definition) is 4. The van der Waals surface area contributed by atoms with E-state index in [1.54, 1.807) is 19.0 Å². The van der Waals surface area contributed by atoms with Crippen LogP contribution in [-0.2, 0) is 4.74 Å². The number of nitrogens with zero attached hydrogens (tertiary/aromatic N) is 2. The van der Waals surface area contributed by atoms with E-state index in [9.17, 15) is 10.1 Å². The average molecular weight is 304 g/mol. The van der Waals surface area contributed by atoms with Gasteiger partial charge in [0.05, 0.1) is 0 Å². The van der Waals surface area contributed by atoms with E-state index < -0.39 is 6.10 Å². The summed E-state index contributed by atoms with van der Waals surface area (Å²) < 4.78 is 5.63. The molecule has 0 aromatic heterocycles. The van der Waals surface area contributed by atoms with Crippen molar-refractivity contribution < 1.29 is 9.66 Å². The zero-order valence-corrected chi connectivity index (χ0v) is 12.7. The molecule has 0 N–H and O–H groups in total. The molecule has 0 saturated heterocycles. The number of fused-ring (bicyclic) bond motifs is 1. The lowest BCUT2D eigenvalue weighted by Gasteiger charge is -2.21. The van der Waals surface area contributed by atoms with Gasteiger partial charge in [-0.2, -0.15) is 0 Å². The first-order valence-electron chi connectivity index (χ1n) is 6.46. The quantitative estimate of drug-likeness (QED) is 0.494. The lowest BCUT2D eigenvalue weighted by atomic mass is 10.0. The maximum Gasteiger partial charge on any atom is 0.259 e. The summed E-state index contributed by atoms with van der Waals surface area (Å²) in [5, 5.41) is 13.1.